The number of hydrogen-bond acceptors (Lipinski definition) is 7. The summed E-state index contributed by atoms with van der Waals surface area (Å²) in [6, 6.07) is 20.4. The number of hydrogen-bond donors (Lipinski definition) is 0. The molecule has 0 fully saturated rings. The molecule has 0 aliphatic carbocycles. The second kappa shape index (κ2) is 10.9. The predicted molar refractivity (Wildman–Crippen MR) is 152 cm³/mol. The van der Waals surface area contributed by atoms with E-state index < -0.39 is 10.0 Å². The van der Waals surface area contributed by atoms with Crippen molar-refractivity contribution in [1.82, 2.24) is 28.8 Å². The maximum atomic E-state index is 13.3. The van der Waals surface area contributed by atoms with Crippen LogP contribution in [-0.2, 0) is 10.0 Å². The highest BCUT2D eigenvalue weighted by molar-refractivity contribution is 7.89. The Kier molecular flexibility index (Phi) is 7.42. The molecular formula is C29H30N6O3S. The molecule has 0 spiro atoms. The van der Waals surface area contributed by atoms with Gasteiger partial charge >= 0.3 is 0 Å². The van der Waals surface area contributed by atoms with E-state index in [0.717, 1.165) is 33.8 Å². The van der Waals surface area contributed by atoms with E-state index in [1.807, 2.05) is 67.5 Å². The molecule has 0 N–H and O–H groups in total. The highest BCUT2D eigenvalue weighted by Gasteiger charge is 2.23. The second-order valence-corrected chi connectivity index (χ2v) is 11.5. The van der Waals surface area contributed by atoms with E-state index in [1.54, 1.807) is 55.5 Å². The van der Waals surface area contributed by atoms with E-state index in [1.165, 1.54) is 4.31 Å². The molecule has 200 valence electrons. The van der Waals surface area contributed by atoms with Crippen LogP contribution in [0.4, 0.5) is 0 Å². The Balaban J connectivity index is 1.67. The van der Waals surface area contributed by atoms with Crippen LogP contribution in [0.25, 0.3) is 39.3 Å². The van der Waals surface area contributed by atoms with Crippen LogP contribution in [0.3, 0.4) is 0 Å². The van der Waals surface area contributed by atoms with Gasteiger partial charge in [-0.3, -0.25) is 4.98 Å². The summed E-state index contributed by atoms with van der Waals surface area (Å²) in [5.41, 5.74) is 5.44. The molecule has 3 aromatic heterocycles. The first-order valence-electron chi connectivity index (χ1n) is 12.4. The number of nitrogens with zero attached hydrogens (tertiary/aromatic N) is 6. The van der Waals surface area contributed by atoms with Crippen LogP contribution in [0.2, 0.25) is 0 Å². The van der Waals surface area contributed by atoms with E-state index in [-0.39, 0.29) is 4.90 Å². The summed E-state index contributed by atoms with van der Waals surface area (Å²) in [5.74, 6) is 0.722. The molecule has 9 nitrogen and oxygen atoms in total. The SMILES string of the molecule is COc1cccc(-c2c(-c3ccncc3)nn3c(-c4cccc(S(=O)(=O)N(C)CCN(C)C)c4)ccnc23)c1. The molecule has 2 aromatic carbocycles. The fourth-order valence-corrected chi connectivity index (χ4v) is 5.59. The highest BCUT2D eigenvalue weighted by Crippen LogP contribution is 2.37. The summed E-state index contributed by atoms with van der Waals surface area (Å²) in [6.07, 6.45) is 5.17. The Morgan fingerprint density at radius 1 is 0.846 bits per heavy atom. The molecule has 0 atom stereocenters. The van der Waals surface area contributed by atoms with Gasteiger partial charge in [-0.1, -0.05) is 24.3 Å². The average molecular weight is 543 g/mol. The summed E-state index contributed by atoms with van der Waals surface area (Å²) in [7, 11) is 3.39. The van der Waals surface area contributed by atoms with Gasteiger partial charge in [0.1, 0.15) is 11.4 Å². The number of methoxy groups -OCH3 is 1. The fraction of sp³-hybridized carbons (Fsp3) is 0.207. The van der Waals surface area contributed by atoms with Crippen LogP contribution in [-0.4, -0.2) is 78.5 Å². The van der Waals surface area contributed by atoms with Crippen LogP contribution >= 0.6 is 0 Å². The topological polar surface area (TPSA) is 92.9 Å². The number of pyridine rings is 1. The molecule has 39 heavy (non-hydrogen) atoms. The number of sulfonamides is 1. The van der Waals surface area contributed by atoms with Crippen LogP contribution in [0, 0.1) is 0 Å². The van der Waals surface area contributed by atoms with Crippen LogP contribution in [0.1, 0.15) is 0 Å². The number of fused-ring (bicyclic) bond motifs is 1. The lowest BCUT2D eigenvalue weighted by Gasteiger charge is -2.19. The minimum Gasteiger partial charge on any atom is -0.497 e. The molecule has 10 heteroatoms. The number of benzene rings is 2. The van der Waals surface area contributed by atoms with E-state index in [9.17, 15) is 8.42 Å². The molecule has 0 unspecified atom stereocenters. The van der Waals surface area contributed by atoms with Crippen molar-refractivity contribution in [3.05, 3.63) is 85.3 Å². The third kappa shape index (κ3) is 5.26. The maximum absolute atomic E-state index is 13.3. The predicted octanol–water partition coefficient (Wildman–Crippen LogP) is 4.32. The molecule has 3 heterocycles. The minimum atomic E-state index is -3.67. The quantitative estimate of drug-likeness (QED) is 0.274. The summed E-state index contributed by atoms with van der Waals surface area (Å²) in [5, 5.41) is 4.99. The van der Waals surface area contributed by atoms with E-state index >= 15 is 0 Å². The monoisotopic (exact) mass is 542 g/mol. The largest absolute Gasteiger partial charge is 0.497 e. The number of ether oxygens (including phenoxy) is 1. The lowest BCUT2D eigenvalue weighted by molar-refractivity contribution is 0.358. The minimum absolute atomic E-state index is 0.223. The van der Waals surface area contributed by atoms with Gasteiger partial charge in [-0.15, -0.1) is 0 Å². The van der Waals surface area contributed by atoms with Gasteiger partial charge in [-0.25, -0.2) is 17.9 Å². The van der Waals surface area contributed by atoms with E-state index in [4.69, 9.17) is 14.8 Å². The zero-order chi connectivity index (χ0) is 27.6. The highest BCUT2D eigenvalue weighted by atomic mass is 32.2. The first-order valence-corrected chi connectivity index (χ1v) is 13.9. The van der Waals surface area contributed by atoms with Crippen LogP contribution in [0.15, 0.2) is 90.2 Å². The van der Waals surface area contributed by atoms with Gasteiger partial charge in [0.15, 0.2) is 5.65 Å². The Morgan fingerprint density at radius 2 is 1.59 bits per heavy atom. The molecule has 0 aliphatic rings. The van der Waals surface area contributed by atoms with Crippen LogP contribution < -0.4 is 4.74 Å². The van der Waals surface area contributed by atoms with E-state index in [0.29, 0.717) is 24.3 Å². The van der Waals surface area contributed by atoms with Crippen molar-refractivity contribution in [3.63, 3.8) is 0 Å². The fourth-order valence-electron chi connectivity index (χ4n) is 4.38. The third-order valence-corrected chi connectivity index (χ3v) is 8.38. The molecule has 0 bridgehead atoms. The Bertz CT molecular complexity index is 1720. The summed E-state index contributed by atoms with van der Waals surface area (Å²) in [4.78, 5) is 11.0. The first kappa shape index (κ1) is 26.5. The standard InChI is InChI=1S/C29H30N6O3S/c1-33(2)17-18-34(3)39(36,37)25-10-6-7-22(20-25)26-13-16-31-29-27(23-8-5-9-24(19-23)38-4)28(32-35(26)29)21-11-14-30-15-12-21/h5-16,19-20H,17-18H2,1-4H3. The van der Waals surface area contributed by atoms with Gasteiger partial charge in [0, 0.05) is 49.9 Å². The Labute approximate surface area is 228 Å². The van der Waals surface area contributed by atoms with Crippen molar-refractivity contribution in [3.8, 4) is 39.4 Å². The van der Waals surface area contributed by atoms with Crippen molar-refractivity contribution >= 4 is 15.7 Å². The van der Waals surface area contributed by atoms with Gasteiger partial charge in [-0.05, 0) is 62.1 Å². The van der Waals surface area contributed by atoms with Crippen molar-refractivity contribution < 1.29 is 13.2 Å². The maximum Gasteiger partial charge on any atom is 0.242 e. The Hall–Kier alpha value is -4.12. The normalized spacial score (nSPS) is 11.9. The van der Waals surface area contributed by atoms with Crippen molar-refractivity contribution in [2.45, 2.75) is 4.90 Å². The zero-order valence-corrected chi connectivity index (χ0v) is 23.1. The second-order valence-electron chi connectivity index (χ2n) is 9.41. The Morgan fingerprint density at radius 3 is 2.33 bits per heavy atom. The summed E-state index contributed by atoms with van der Waals surface area (Å²) < 4.78 is 35.3. The van der Waals surface area contributed by atoms with Gasteiger partial charge in [0.2, 0.25) is 10.0 Å². The molecule has 5 rings (SSSR count). The lowest BCUT2D eigenvalue weighted by atomic mass is 10.0. The van der Waals surface area contributed by atoms with Gasteiger partial charge in [-0.2, -0.15) is 9.40 Å². The zero-order valence-electron chi connectivity index (χ0n) is 22.3. The summed E-state index contributed by atoms with van der Waals surface area (Å²) >= 11 is 0. The molecule has 5 aromatic rings. The van der Waals surface area contributed by atoms with E-state index in [2.05, 4.69) is 4.98 Å². The van der Waals surface area contributed by atoms with Crippen LogP contribution in [0.5, 0.6) is 5.75 Å². The van der Waals surface area contributed by atoms with Crippen molar-refractivity contribution in [1.29, 1.82) is 0 Å². The molecule has 0 saturated carbocycles. The smallest absolute Gasteiger partial charge is 0.242 e. The lowest BCUT2D eigenvalue weighted by Crippen LogP contribution is -2.33. The number of likely N-dealkylation sites (N-methyl/N-ethyl adjacent to an activating group) is 2. The van der Waals surface area contributed by atoms with Crippen molar-refractivity contribution in [2.24, 2.45) is 0 Å². The number of rotatable bonds is 9. The van der Waals surface area contributed by atoms with Gasteiger partial charge in [0.25, 0.3) is 0 Å². The first-order chi connectivity index (χ1) is 18.8. The van der Waals surface area contributed by atoms with Gasteiger partial charge in [0.05, 0.1) is 23.3 Å². The van der Waals surface area contributed by atoms with Gasteiger partial charge < -0.3 is 9.64 Å². The third-order valence-electron chi connectivity index (χ3n) is 6.53. The molecule has 0 radical (unpaired) electrons. The molecule has 0 saturated heterocycles. The average Bonchev–Trinajstić information content (AvgIpc) is 3.36. The molecular weight excluding hydrogens is 512 g/mol. The summed E-state index contributed by atoms with van der Waals surface area (Å²) in [6.45, 7) is 1.01. The van der Waals surface area contributed by atoms with Crippen molar-refractivity contribution in [2.75, 3.05) is 41.3 Å². The molecule has 0 aliphatic heterocycles. The number of aromatic nitrogens is 4. The molecule has 0 amide bonds.